The predicted molar refractivity (Wildman–Crippen MR) is 82.3 cm³/mol. The van der Waals surface area contributed by atoms with Crippen LogP contribution in [0.25, 0.3) is 22.6 Å². The molecule has 0 bridgehead atoms. The molecule has 0 saturated carbocycles. The fraction of sp³-hybridized carbons (Fsp3) is 0.250. The van der Waals surface area contributed by atoms with Gasteiger partial charge >= 0.3 is 5.69 Å². The Labute approximate surface area is 126 Å². The van der Waals surface area contributed by atoms with Gasteiger partial charge in [-0.25, -0.2) is 14.8 Å². The van der Waals surface area contributed by atoms with Crippen LogP contribution >= 0.6 is 0 Å². The first-order valence-electron chi connectivity index (χ1n) is 7.39. The van der Waals surface area contributed by atoms with Crippen LogP contribution in [0.4, 0.5) is 0 Å². The van der Waals surface area contributed by atoms with Gasteiger partial charge in [-0.1, -0.05) is 0 Å². The summed E-state index contributed by atoms with van der Waals surface area (Å²) in [7, 11) is 0. The summed E-state index contributed by atoms with van der Waals surface area (Å²) in [4.78, 5) is 29.8. The van der Waals surface area contributed by atoms with Gasteiger partial charge in [0.15, 0.2) is 0 Å². The Hall–Kier alpha value is -2.76. The van der Waals surface area contributed by atoms with E-state index in [4.69, 9.17) is 0 Å². The molecule has 0 aliphatic heterocycles. The number of nitrogens with zero attached hydrogens (tertiary/aromatic N) is 3. The quantitative estimate of drug-likeness (QED) is 0.757. The lowest BCUT2D eigenvalue weighted by atomic mass is 10.0. The number of aromatic amines is 2. The maximum atomic E-state index is 11.0. The van der Waals surface area contributed by atoms with Crippen molar-refractivity contribution < 1.29 is 0 Å². The molecule has 4 rings (SSSR count). The van der Waals surface area contributed by atoms with Crippen molar-refractivity contribution in [3.63, 3.8) is 0 Å². The summed E-state index contributed by atoms with van der Waals surface area (Å²) in [5, 5.41) is 0. The highest BCUT2D eigenvalue weighted by Gasteiger charge is 2.15. The van der Waals surface area contributed by atoms with Crippen LogP contribution in [0.2, 0.25) is 0 Å². The van der Waals surface area contributed by atoms with E-state index in [0.29, 0.717) is 0 Å². The maximum absolute atomic E-state index is 11.0. The molecule has 3 heterocycles. The van der Waals surface area contributed by atoms with E-state index >= 15 is 0 Å². The van der Waals surface area contributed by atoms with Crippen LogP contribution in [0.15, 0.2) is 35.5 Å². The van der Waals surface area contributed by atoms with Gasteiger partial charge in [-0.15, -0.1) is 0 Å². The van der Waals surface area contributed by atoms with E-state index in [2.05, 4.69) is 24.9 Å². The van der Waals surface area contributed by atoms with Crippen molar-refractivity contribution in [2.24, 2.45) is 0 Å². The fourth-order valence-electron chi connectivity index (χ4n) is 2.78. The van der Waals surface area contributed by atoms with E-state index in [1.807, 2.05) is 12.1 Å². The zero-order chi connectivity index (χ0) is 14.9. The minimum Gasteiger partial charge on any atom is -0.342 e. The van der Waals surface area contributed by atoms with Crippen LogP contribution in [0.1, 0.15) is 24.2 Å². The number of hydrogen-bond acceptors (Lipinski definition) is 4. The van der Waals surface area contributed by atoms with Crippen LogP contribution in [0.5, 0.6) is 0 Å². The van der Waals surface area contributed by atoms with E-state index in [9.17, 15) is 4.79 Å². The second-order valence-electron chi connectivity index (χ2n) is 5.46. The summed E-state index contributed by atoms with van der Waals surface area (Å²) in [6, 6.07) is 3.89. The Kier molecular flexibility index (Phi) is 3.07. The highest BCUT2D eigenvalue weighted by molar-refractivity contribution is 5.62. The molecule has 1 aliphatic rings. The zero-order valence-electron chi connectivity index (χ0n) is 12.0. The summed E-state index contributed by atoms with van der Waals surface area (Å²) in [5.41, 5.74) is 4.61. The molecule has 0 fully saturated rings. The smallest absolute Gasteiger partial charge is 0.342 e. The molecule has 0 radical (unpaired) electrons. The average molecular weight is 293 g/mol. The Morgan fingerprint density at radius 2 is 1.86 bits per heavy atom. The van der Waals surface area contributed by atoms with Crippen LogP contribution in [0, 0.1) is 0 Å². The Bertz CT molecular complexity index is 819. The molecule has 1 aliphatic carbocycles. The monoisotopic (exact) mass is 293 g/mol. The van der Waals surface area contributed by atoms with Gasteiger partial charge in [-0.05, 0) is 37.8 Å². The molecular weight excluding hydrogens is 278 g/mol. The molecule has 6 nitrogen and oxygen atoms in total. The van der Waals surface area contributed by atoms with Crippen molar-refractivity contribution in [1.29, 1.82) is 0 Å². The Balaban J connectivity index is 1.65. The molecule has 6 heteroatoms. The third kappa shape index (κ3) is 2.32. The van der Waals surface area contributed by atoms with Crippen molar-refractivity contribution in [3.8, 4) is 22.6 Å². The zero-order valence-corrected chi connectivity index (χ0v) is 12.0. The first-order chi connectivity index (χ1) is 10.8. The van der Waals surface area contributed by atoms with E-state index in [1.54, 1.807) is 12.4 Å². The van der Waals surface area contributed by atoms with Crippen molar-refractivity contribution >= 4 is 0 Å². The lowest BCUT2D eigenvalue weighted by molar-refractivity contribution is 0.667. The van der Waals surface area contributed by atoms with Crippen LogP contribution in [0.3, 0.4) is 0 Å². The number of pyridine rings is 1. The molecule has 0 saturated heterocycles. The van der Waals surface area contributed by atoms with Gasteiger partial charge in [0.2, 0.25) is 0 Å². The molecule has 3 aromatic heterocycles. The normalized spacial score (nSPS) is 13.8. The molecule has 0 atom stereocenters. The summed E-state index contributed by atoms with van der Waals surface area (Å²) in [5.74, 6) is 0.880. The topological polar surface area (TPSA) is 87.3 Å². The lowest BCUT2D eigenvalue weighted by Gasteiger charge is -2.07. The third-order valence-corrected chi connectivity index (χ3v) is 3.96. The largest absolute Gasteiger partial charge is 0.344 e. The van der Waals surface area contributed by atoms with Gasteiger partial charge in [0, 0.05) is 35.4 Å². The Morgan fingerprint density at radius 3 is 2.59 bits per heavy atom. The standard InChI is InChI=1S/C16H15N5O/c22-16-18-8-11(9-19-16)12-6-5-10(7-17-12)15-20-13-3-1-2-4-14(13)21-15/h5-9H,1-4H2,(H,20,21)(H,18,19,22). The minimum atomic E-state index is -0.360. The number of H-pyrrole nitrogens is 2. The summed E-state index contributed by atoms with van der Waals surface area (Å²) >= 11 is 0. The number of aryl methyl sites for hydroxylation is 2. The molecule has 22 heavy (non-hydrogen) atoms. The van der Waals surface area contributed by atoms with Gasteiger partial charge in [0.1, 0.15) is 5.82 Å². The third-order valence-electron chi connectivity index (χ3n) is 3.96. The molecular formula is C16H15N5O. The second kappa shape index (κ2) is 5.22. The van der Waals surface area contributed by atoms with Crippen LogP contribution < -0.4 is 5.69 Å². The molecule has 0 spiro atoms. The van der Waals surface area contributed by atoms with Gasteiger partial charge in [0.25, 0.3) is 0 Å². The van der Waals surface area contributed by atoms with Crippen molar-refractivity contribution in [2.75, 3.05) is 0 Å². The van der Waals surface area contributed by atoms with Gasteiger partial charge in [-0.2, -0.15) is 0 Å². The molecule has 3 aromatic rings. The van der Waals surface area contributed by atoms with Crippen LogP contribution in [-0.4, -0.2) is 24.9 Å². The van der Waals surface area contributed by atoms with Gasteiger partial charge in [0.05, 0.1) is 11.4 Å². The number of rotatable bonds is 2. The molecule has 110 valence electrons. The highest BCUT2D eigenvalue weighted by Crippen LogP contribution is 2.24. The minimum absolute atomic E-state index is 0.360. The van der Waals surface area contributed by atoms with E-state index < -0.39 is 0 Å². The first-order valence-corrected chi connectivity index (χ1v) is 7.39. The first kappa shape index (κ1) is 12.9. The van der Waals surface area contributed by atoms with Crippen LogP contribution in [-0.2, 0) is 12.8 Å². The van der Waals surface area contributed by atoms with Gasteiger partial charge in [-0.3, -0.25) is 4.98 Å². The maximum Gasteiger partial charge on any atom is 0.344 e. The average Bonchev–Trinajstić information content (AvgIpc) is 3.00. The highest BCUT2D eigenvalue weighted by atomic mass is 16.1. The molecule has 0 aromatic carbocycles. The lowest BCUT2D eigenvalue weighted by Crippen LogP contribution is -2.08. The molecule has 0 unspecified atom stereocenters. The second-order valence-corrected chi connectivity index (χ2v) is 5.46. The number of imidazole rings is 1. The van der Waals surface area contributed by atoms with E-state index in [-0.39, 0.29) is 5.69 Å². The molecule has 0 amide bonds. The number of nitrogens with one attached hydrogen (secondary N) is 2. The number of hydrogen-bond donors (Lipinski definition) is 2. The van der Waals surface area contributed by atoms with Crippen molar-refractivity contribution in [3.05, 3.63) is 52.6 Å². The Morgan fingerprint density at radius 1 is 1.00 bits per heavy atom. The van der Waals surface area contributed by atoms with E-state index in [0.717, 1.165) is 35.5 Å². The van der Waals surface area contributed by atoms with Crippen molar-refractivity contribution in [2.45, 2.75) is 25.7 Å². The van der Waals surface area contributed by atoms with Crippen molar-refractivity contribution in [1.82, 2.24) is 24.9 Å². The predicted octanol–water partition coefficient (Wildman–Crippen LogP) is 2.10. The van der Waals surface area contributed by atoms with Gasteiger partial charge < -0.3 is 9.97 Å². The summed E-state index contributed by atoms with van der Waals surface area (Å²) in [6.07, 6.45) is 9.51. The summed E-state index contributed by atoms with van der Waals surface area (Å²) < 4.78 is 0. The number of aromatic nitrogens is 5. The summed E-state index contributed by atoms with van der Waals surface area (Å²) in [6.45, 7) is 0. The molecule has 2 N–H and O–H groups in total. The SMILES string of the molecule is O=c1ncc(-c2ccc(-c3nc4c([nH]3)CCCC4)cn2)c[nH]1. The van der Waals surface area contributed by atoms with E-state index in [1.165, 1.54) is 30.4 Å². The number of fused-ring (bicyclic) bond motifs is 1. The fourth-order valence-corrected chi connectivity index (χ4v) is 2.78.